The van der Waals surface area contributed by atoms with Crippen LogP contribution in [0.15, 0.2) is 48.5 Å². The van der Waals surface area contributed by atoms with Crippen molar-refractivity contribution in [2.45, 2.75) is 12.5 Å². The topological polar surface area (TPSA) is 26.0 Å². The third-order valence-corrected chi connectivity index (χ3v) is 3.12. The van der Waals surface area contributed by atoms with E-state index in [2.05, 4.69) is 0 Å². The lowest BCUT2D eigenvalue weighted by Crippen LogP contribution is -2.13. The molecule has 1 unspecified atom stereocenters. The summed E-state index contributed by atoms with van der Waals surface area (Å²) in [4.78, 5) is 0. The van der Waals surface area contributed by atoms with E-state index in [1.54, 1.807) is 12.1 Å². The van der Waals surface area contributed by atoms with Crippen molar-refractivity contribution in [2.24, 2.45) is 5.73 Å². The van der Waals surface area contributed by atoms with E-state index in [0.29, 0.717) is 6.42 Å². The van der Waals surface area contributed by atoms with Gasteiger partial charge in [-0.15, -0.1) is 0 Å². The molecule has 0 radical (unpaired) electrons. The van der Waals surface area contributed by atoms with Gasteiger partial charge in [-0.1, -0.05) is 54.1 Å². The minimum atomic E-state index is -0.399. The minimum Gasteiger partial charge on any atom is -0.324 e. The van der Waals surface area contributed by atoms with E-state index in [1.165, 1.54) is 6.07 Å². The fraction of sp³-hybridized carbons (Fsp3) is 0.143. The molecular weight excluding hydrogens is 237 g/mol. The Kier molecular flexibility index (Phi) is 3.77. The van der Waals surface area contributed by atoms with Crippen LogP contribution >= 0.6 is 11.6 Å². The average Bonchev–Trinajstić information content (AvgIpc) is 2.36. The van der Waals surface area contributed by atoms with Gasteiger partial charge >= 0.3 is 0 Å². The summed E-state index contributed by atoms with van der Waals surface area (Å²) < 4.78 is 13.3. The van der Waals surface area contributed by atoms with Crippen LogP contribution in [0.25, 0.3) is 0 Å². The molecule has 1 atom stereocenters. The second-order valence-electron chi connectivity index (χ2n) is 3.93. The van der Waals surface area contributed by atoms with Gasteiger partial charge in [0, 0.05) is 6.04 Å². The number of benzene rings is 2. The van der Waals surface area contributed by atoms with Crippen LogP contribution in [0.3, 0.4) is 0 Å². The van der Waals surface area contributed by atoms with E-state index in [4.69, 9.17) is 17.3 Å². The molecular formula is C14H13ClFN. The lowest BCUT2D eigenvalue weighted by molar-refractivity contribution is 0.622. The lowest BCUT2D eigenvalue weighted by atomic mass is 10.00. The number of hydrogen-bond acceptors (Lipinski definition) is 1. The fourth-order valence-electron chi connectivity index (χ4n) is 1.76. The highest BCUT2D eigenvalue weighted by Crippen LogP contribution is 2.24. The molecule has 0 bridgehead atoms. The second-order valence-corrected chi connectivity index (χ2v) is 4.31. The van der Waals surface area contributed by atoms with E-state index in [1.807, 2.05) is 30.3 Å². The molecule has 0 heterocycles. The molecule has 0 saturated heterocycles. The predicted octanol–water partition coefficient (Wildman–Crippen LogP) is 3.72. The number of halogens is 2. The molecule has 0 aliphatic heterocycles. The molecule has 0 spiro atoms. The molecule has 2 N–H and O–H groups in total. The Hall–Kier alpha value is -1.38. The zero-order valence-corrected chi connectivity index (χ0v) is 9.99. The van der Waals surface area contributed by atoms with Gasteiger partial charge in [0.05, 0.1) is 5.02 Å². The van der Waals surface area contributed by atoms with Crippen LogP contribution in [0.5, 0.6) is 0 Å². The Morgan fingerprint density at radius 2 is 1.76 bits per heavy atom. The van der Waals surface area contributed by atoms with Crippen LogP contribution in [0, 0.1) is 5.82 Å². The van der Waals surface area contributed by atoms with E-state index in [-0.39, 0.29) is 11.1 Å². The van der Waals surface area contributed by atoms with Crippen molar-refractivity contribution in [1.82, 2.24) is 0 Å². The summed E-state index contributed by atoms with van der Waals surface area (Å²) in [6, 6.07) is 14.3. The monoisotopic (exact) mass is 249 g/mol. The van der Waals surface area contributed by atoms with E-state index in [9.17, 15) is 4.39 Å². The zero-order chi connectivity index (χ0) is 12.3. The van der Waals surface area contributed by atoms with Crippen LogP contribution in [-0.2, 0) is 6.42 Å². The summed E-state index contributed by atoms with van der Waals surface area (Å²) in [5.74, 6) is -0.399. The molecule has 3 heteroatoms. The summed E-state index contributed by atoms with van der Waals surface area (Å²) in [6.07, 6.45) is 0.528. The van der Waals surface area contributed by atoms with Crippen LogP contribution in [0.1, 0.15) is 17.2 Å². The molecule has 17 heavy (non-hydrogen) atoms. The van der Waals surface area contributed by atoms with Gasteiger partial charge in [0.1, 0.15) is 5.82 Å². The fourth-order valence-corrected chi connectivity index (χ4v) is 1.96. The normalized spacial score (nSPS) is 12.4. The van der Waals surface area contributed by atoms with Gasteiger partial charge in [-0.3, -0.25) is 0 Å². The van der Waals surface area contributed by atoms with Gasteiger partial charge in [0.2, 0.25) is 0 Å². The van der Waals surface area contributed by atoms with Gasteiger partial charge in [-0.25, -0.2) is 4.39 Å². The van der Waals surface area contributed by atoms with Gasteiger partial charge < -0.3 is 5.73 Å². The SMILES string of the molecule is NC(Cc1cccc(F)c1Cl)c1ccccc1. The third kappa shape index (κ3) is 2.84. The second kappa shape index (κ2) is 5.30. The highest BCUT2D eigenvalue weighted by molar-refractivity contribution is 6.31. The van der Waals surface area contributed by atoms with Crippen molar-refractivity contribution in [3.8, 4) is 0 Å². The Morgan fingerprint density at radius 1 is 1.06 bits per heavy atom. The molecule has 0 fully saturated rings. The largest absolute Gasteiger partial charge is 0.324 e. The first-order valence-electron chi connectivity index (χ1n) is 5.42. The Morgan fingerprint density at radius 3 is 2.47 bits per heavy atom. The molecule has 88 valence electrons. The highest BCUT2D eigenvalue weighted by atomic mass is 35.5. The maximum atomic E-state index is 13.3. The maximum absolute atomic E-state index is 13.3. The zero-order valence-electron chi connectivity index (χ0n) is 9.24. The van der Waals surface area contributed by atoms with Crippen molar-refractivity contribution >= 4 is 11.6 Å². The van der Waals surface area contributed by atoms with E-state index < -0.39 is 5.82 Å². The number of nitrogens with two attached hydrogens (primary N) is 1. The van der Waals surface area contributed by atoms with Crippen LogP contribution in [-0.4, -0.2) is 0 Å². The van der Waals surface area contributed by atoms with Gasteiger partial charge in [-0.2, -0.15) is 0 Å². The summed E-state index contributed by atoms with van der Waals surface area (Å²) in [7, 11) is 0. The first-order valence-corrected chi connectivity index (χ1v) is 5.79. The molecule has 0 aromatic heterocycles. The molecule has 0 amide bonds. The van der Waals surface area contributed by atoms with Gasteiger partial charge in [0.25, 0.3) is 0 Å². The van der Waals surface area contributed by atoms with Gasteiger partial charge in [-0.05, 0) is 23.6 Å². The summed E-state index contributed by atoms with van der Waals surface area (Å²) >= 11 is 5.89. The minimum absolute atomic E-state index is 0.166. The van der Waals surface area contributed by atoms with E-state index >= 15 is 0 Å². The molecule has 0 aliphatic rings. The van der Waals surface area contributed by atoms with Crippen LogP contribution in [0.4, 0.5) is 4.39 Å². The van der Waals surface area contributed by atoms with E-state index in [0.717, 1.165) is 11.1 Å². The molecule has 1 nitrogen and oxygen atoms in total. The smallest absolute Gasteiger partial charge is 0.142 e. The Balaban J connectivity index is 2.19. The van der Waals surface area contributed by atoms with Crippen LogP contribution in [0.2, 0.25) is 5.02 Å². The van der Waals surface area contributed by atoms with Crippen molar-refractivity contribution in [1.29, 1.82) is 0 Å². The Labute approximate surface area is 105 Å². The lowest BCUT2D eigenvalue weighted by Gasteiger charge is -2.13. The standard InChI is InChI=1S/C14H13ClFN/c15-14-11(7-4-8-12(14)16)9-13(17)10-5-2-1-3-6-10/h1-8,13H,9,17H2. The summed E-state index contributed by atoms with van der Waals surface area (Å²) in [5, 5.41) is 0.166. The van der Waals surface area contributed by atoms with Crippen molar-refractivity contribution < 1.29 is 4.39 Å². The third-order valence-electron chi connectivity index (χ3n) is 2.70. The summed E-state index contributed by atoms with van der Waals surface area (Å²) in [6.45, 7) is 0. The Bertz CT molecular complexity index is 499. The van der Waals surface area contributed by atoms with Crippen molar-refractivity contribution in [2.75, 3.05) is 0 Å². The van der Waals surface area contributed by atoms with Crippen molar-refractivity contribution in [3.63, 3.8) is 0 Å². The molecule has 2 aromatic rings. The summed E-state index contributed by atoms with van der Waals surface area (Å²) in [5.41, 5.74) is 7.82. The van der Waals surface area contributed by atoms with Gasteiger partial charge in [0.15, 0.2) is 0 Å². The molecule has 2 aromatic carbocycles. The molecule has 0 aliphatic carbocycles. The quantitative estimate of drug-likeness (QED) is 0.882. The maximum Gasteiger partial charge on any atom is 0.142 e. The predicted molar refractivity (Wildman–Crippen MR) is 68.5 cm³/mol. The highest BCUT2D eigenvalue weighted by Gasteiger charge is 2.11. The molecule has 2 rings (SSSR count). The van der Waals surface area contributed by atoms with Crippen LogP contribution < -0.4 is 5.73 Å². The molecule has 0 saturated carbocycles. The average molecular weight is 250 g/mol. The first-order chi connectivity index (χ1) is 8.18. The first kappa shape index (κ1) is 12.1. The van der Waals surface area contributed by atoms with Crippen molar-refractivity contribution in [3.05, 3.63) is 70.5 Å². The number of rotatable bonds is 3. The number of hydrogen-bond donors (Lipinski definition) is 1.